The summed E-state index contributed by atoms with van der Waals surface area (Å²) in [5, 5.41) is 11.9. The Labute approximate surface area is 73.8 Å². The minimum atomic E-state index is -0.728. The van der Waals surface area contributed by atoms with Gasteiger partial charge < -0.3 is 5.32 Å². The van der Waals surface area contributed by atoms with Gasteiger partial charge in [0.25, 0.3) is 0 Å². The molecule has 7 heteroatoms. The van der Waals surface area contributed by atoms with Gasteiger partial charge in [-0.05, 0) is 12.5 Å². The van der Waals surface area contributed by atoms with E-state index in [4.69, 9.17) is 5.53 Å². The van der Waals surface area contributed by atoms with Crippen molar-refractivity contribution in [3.63, 3.8) is 0 Å². The van der Waals surface area contributed by atoms with Crippen LogP contribution in [0.15, 0.2) is 17.4 Å². The van der Waals surface area contributed by atoms with Gasteiger partial charge in [-0.15, -0.1) is 0 Å². The summed E-state index contributed by atoms with van der Waals surface area (Å²) >= 11 is 0. The Morgan fingerprint density at radius 1 is 1.92 bits per heavy atom. The van der Waals surface area contributed by atoms with E-state index in [0.717, 1.165) is 0 Å². The molecule has 1 atom stereocenters. The van der Waals surface area contributed by atoms with E-state index in [2.05, 4.69) is 25.5 Å². The van der Waals surface area contributed by atoms with E-state index in [9.17, 15) is 4.79 Å². The fourth-order valence-electron chi connectivity index (χ4n) is 0.693. The summed E-state index contributed by atoms with van der Waals surface area (Å²) in [5.41, 5.74) is 8.07. The Hall–Kier alpha value is -2.01. The molecule has 1 unspecified atom stereocenters. The average Bonchev–Trinajstić information content (AvgIpc) is 2.57. The first kappa shape index (κ1) is 9.08. The molecule has 1 amide bonds. The average molecular weight is 180 g/mol. The third-order valence-electron chi connectivity index (χ3n) is 1.36. The molecule has 7 nitrogen and oxygen atoms in total. The first-order valence-electron chi connectivity index (χ1n) is 3.58. The standard InChI is InChI=1S/C6H8N6O/c1-4(10-12-7)6(13)9-5-2-3-8-11-5/h2-4H,1H3,(H2,8,9,11,13). The molecule has 0 aliphatic heterocycles. The molecule has 1 heterocycles. The molecular formula is C6H8N6O. The summed E-state index contributed by atoms with van der Waals surface area (Å²) in [6.45, 7) is 1.51. The number of H-pyrrole nitrogens is 1. The highest BCUT2D eigenvalue weighted by atomic mass is 16.2. The largest absolute Gasteiger partial charge is 0.311 e. The molecule has 0 fully saturated rings. The Kier molecular flexibility index (Phi) is 2.88. The number of hydrogen-bond donors (Lipinski definition) is 2. The number of nitrogens with zero attached hydrogens (tertiary/aromatic N) is 4. The maximum Gasteiger partial charge on any atom is 0.234 e. The Morgan fingerprint density at radius 2 is 2.69 bits per heavy atom. The second kappa shape index (κ2) is 4.13. The van der Waals surface area contributed by atoms with Crippen molar-refractivity contribution in [2.75, 3.05) is 5.32 Å². The second-order valence-corrected chi connectivity index (χ2v) is 2.34. The minimum absolute atomic E-state index is 0.373. The van der Waals surface area contributed by atoms with E-state index in [-0.39, 0.29) is 5.91 Å². The number of carbonyl (C=O) groups is 1. The summed E-state index contributed by atoms with van der Waals surface area (Å²) in [7, 11) is 0. The van der Waals surface area contributed by atoms with Crippen LogP contribution in [-0.4, -0.2) is 22.1 Å². The predicted octanol–water partition coefficient (Wildman–Crippen LogP) is 1.05. The van der Waals surface area contributed by atoms with E-state index in [1.165, 1.54) is 13.1 Å². The van der Waals surface area contributed by atoms with Crippen molar-refractivity contribution >= 4 is 11.7 Å². The van der Waals surface area contributed by atoms with Gasteiger partial charge in [-0.25, -0.2) is 0 Å². The van der Waals surface area contributed by atoms with Gasteiger partial charge in [-0.1, -0.05) is 5.11 Å². The van der Waals surface area contributed by atoms with Crippen LogP contribution in [0.2, 0.25) is 0 Å². The summed E-state index contributed by atoms with van der Waals surface area (Å²) < 4.78 is 0. The van der Waals surface area contributed by atoms with Crippen molar-refractivity contribution in [3.8, 4) is 0 Å². The molecule has 1 aromatic heterocycles. The summed E-state index contributed by atoms with van der Waals surface area (Å²) in [5.74, 6) is 0.104. The zero-order valence-corrected chi connectivity index (χ0v) is 6.93. The van der Waals surface area contributed by atoms with Gasteiger partial charge in [0, 0.05) is 11.0 Å². The van der Waals surface area contributed by atoms with Crippen LogP contribution in [0.4, 0.5) is 5.82 Å². The van der Waals surface area contributed by atoms with E-state index in [1.807, 2.05) is 0 Å². The van der Waals surface area contributed by atoms with Gasteiger partial charge in [0.15, 0.2) is 0 Å². The Morgan fingerprint density at radius 3 is 3.23 bits per heavy atom. The number of aromatic nitrogens is 2. The lowest BCUT2D eigenvalue weighted by Gasteiger charge is -2.03. The molecule has 0 aromatic carbocycles. The van der Waals surface area contributed by atoms with E-state index < -0.39 is 6.04 Å². The third kappa shape index (κ3) is 2.49. The highest BCUT2D eigenvalue weighted by molar-refractivity contribution is 5.93. The number of azide groups is 1. The monoisotopic (exact) mass is 180 g/mol. The number of carbonyl (C=O) groups excluding carboxylic acids is 1. The van der Waals surface area contributed by atoms with Crippen molar-refractivity contribution in [3.05, 3.63) is 22.7 Å². The van der Waals surface area contributed by atoms with E-state index in [0.29, 0.717) is 5.82 Å². The normalized spacial score (nSPS) is 11.5. The molecule has 1 aromatic rings. The third-order valence-corrected chi connectivity index (χ3v) is 1.36. The van der Waals surface area contributed by atoms with Crippen molar-refractivity contribution in [1.29, 1.82) is 0 Å². The first-order valence-corrected chi connectivity index (χ1v) is 3.58. The van der Waals surface area contributed by atoms with Gasteiger partial charge >= 0.3 is 0 Å². The Balaban J connectivity index is 2.55. The number of amides is 1. The summed E-state index contributed by atoms with van der Waals surface area (Å²) in [6, 6.07) is 0.869. The van der Waals surface area contributed by atoms with Crippen molar-refractivity contribution < 1.29 is 4.79 Å². The van der Waals surface area contributed by atoms with Gasteiger partial charge in [-0.3, -0.25) is 9.89 Å². The zero-order chi connectivity index (χ0) is 9.68. The molecule has 0 radical (unpaired) electrons. The quantitative estimate of drug-likeness (QED) is 0.412. The molecule has 0 spiro atoms. The van der Waals surface area contributed by atoms with Gasteiger partial charge in [-0.2, -0.15) is 5.10 Å². The van der Waals surface area contributed by atoms with Crippen LogP contribution in [0.3, 0.4) is 0 Å². The highest BCUT2D eigenvalue weighted by Gasteiger charge is 2.10. The minimum Gasteiger partial charge on any atom is -0.311 e. The van der Waals surface area contributed by atoms with Gasteiger partial charge in [0.1, 0.15) is 11.9 Å². The molecule has 0 bridgehead atoms. The van der Waals surface area contributed by atoms with Crippen LogP contribution in [0.5, 0.6) is 0 Å². The number of aromatic amines is 1. The first-order chi connectivity index (χ1) is 6.24. The Bertz CT molecular complexity index is 325. The van der Waals surface area contributed by atoms with Crippen LogP contribution in [0, 0.1) is 0 Å². The van der Waals surface area contributed by atoms with Crippen LogP contribution >= 0.6 is 0 Å². The number of hydrogen-bond acceptors (Lipinski definition) is 3. The number of rotatable bonds is 3. The van der Waals surface area contributed by atoms with Crippen LogP contribution in [-0.2, 0) is 4.79 Å². The zero-order valence-electron chi connectivity index (χ0n) is 6.93. The number of anilines is 1. The van der Waals surface area contributed by atoms with Crippen molar-refractivity contribution in [1.82, 2.24) is 10.2 Å². The van der Waals surface area contributed by atoms with E-state index >= 15 is 0 Å². The molecule has 0 saturated heterocycles. The SMILES string of the molecule is CC(N=[N+]=[N-])C(=O)Nc1ccn[nH]1. The smallest absolute Gasteiger partial charge is 0.234 e. The highest BCUT2D eigenvalue weighted by Crippen LogP contribution is 2.01. The molecule has 0 aliphatic carbocycles. The van der Waals surface area contributed by atoms with Gasteiger partial charge in [0.05, 0.1) is 6.20 Å². The summed E-state index contributed by atoms with van der Waals surface area (Å²) in [6.07, 6.45) is 1.51. The second-order valence-electron chi connectivity index (χ2n) is 2.34. The molecule has 0 aliphatic rings. The summed E-state index contributed by atoms with van der Waals surface area (Å²) in [4.78, 5) is 13.7. The van der Waals surface area contributed by atoms with Crippen molar-refractivity contribution in [2.45, 2.75) is 13.0 Å². The molecule has 2 N–H and O–H groups in total. The lowest BCUT2D eigenvalue weighted by molar-refractivity contribution is -0.117. The molecule has 13 heavy (non-hydrogen) atoms. The van der Waals surface area contributed by atoms with Gasteiger partial charge in [0.2, 0.25) is 5.91 Å². The van der Waals surface area contributed by atoms with Crippen molar-refractivity contribution in [2.24, 2.45) is 5.11 Å². The molecule has 1 rings (SSSR count). The lowest BCUT2D eigenvalue weighted by Crippen LogP contribution is -2.23. The lowest BCUT2D eigenvalue weighted by atomic mass is 10.3. The van der Waals surface area contributed by atoms with Crippen LogP contribution in [0.1, 0.15) is 6.92 Å². The van der Waals surface area contributed by atoms with E-state index in [1.54, 1.807) is 6.07 Å². The number of nitrogens with one attached hydrogen (secondary N) is 2. The van der Waals surface area contributed by atoms with Crippen LogP contribution < -0.4 is 5.32 Å². The fraction of sp³-hybridized carbons (Fsp3) is 0.333. The fourth-order valence-corrected chi connectivity index (χ4v) is 0.693. The molecule has 68 valence electrons. The van der Waals surface area contributed by atoms with Crippen LogP contribution in [0.25, 0.3) is 10.4 Å². The maximum absolute atomic E-state index is 11.2. The molecule has 0 saturated carbocycles. The maximum atomic E-state index is 11.2. The molecular weight excluding hydrogens is 172 g/mol. The topological polar surface area (TPSA) is 107 Å². The predicted molar refractivity (Wildman–Crippen MR) is 45.8 cm³/mol.